The first-order valence-corrected chi connectivity index (χ1v) is 21.7. The highest BCUT2D eigenvalue weighted by Crippen LogP contribution is 2.52. The first kappa shape index (κ1) is 36.1. The van der Waals surface area contributed by atoms with E-state index in [0.717, 1.165) is 35.2 Å². The molecule has 0 fully saturated rings. The minimum Gasteiger partial charge on any atom is -0.482 e. The quantitative estimate of drug-likeness (QED) is 0.0876. The van der Waals surface area contributed by atoms with Crippen LogP contribution in [0.4, 0.5) is 0 Å². The van der Waals surface area contributed by atoms with Crippen molar-refractivity contribution >= 4 is 45.4 Å². The van der Waals surface area contributed by atoms with Crippen LogP contribution in [-0.4, -0.2) is 8.75 Å². The summed E-state index contributed by atoms with van der Waals surface area (Å²) in [5.74, 6) is 1.06. The van der Waals surface area contributed by atoms with Crippen molar-refractivity contribution in [2.24, 2.45) is 0 Å². The van der Waals surface area contributed by atoms with Crippen molar-refractivity contribution < 1.29 is 4.74 Å². The van der Waals surface area contributed by atoms with Crippen molar-refractivity contribution in [1.29, 1.82) is 0 Å². The van der Waals surface area contributed by atoms with Crippen LogP contribution >= 0.6 is 34.4 Å². The number of hydrogen-bond donors (Lipinski definition) is 0. The van der Waals surface area contributed by atoms with Gasteiger partial charge in [0.05, 0.1) is 11.7 Å². The second-order valence-electron chi connectivity index (χ2n) is 14.6. The predicted molar refractivity (Wildman–Crippen MR) is 223 cm³/mol. The molecule has 1 aliphatic rings. The SMILES string of the molecule is CCCCCCCCC1(CCCCCCCC)Oc2cc(C)ccc2-c2ccc(-c3ccc(-c4ccc(-c5ccc(C)s5)c5nsnc45)s3)cc21. The zero-order chi connectivity index (χ0) is 35.2. The van der Waals surface area contributed by atoms with E-state index in [0.29, 0.717) is 0 Å². The minimum atomic E-state index is -0.309. The largest absolute Gasteiger partial charge is 0.482 e. The summed E-state index contributed by atoms with van der Waals surface area (Å²) in [5.41, 5.74) is 10.5. The van der Waals surface area contributed by atoms with Gasteiger partial charge in [-0.2, -0.15) is 8.75 Å². The van der Waals surface area contributed by atoms with Gasteiger partial charge in [0.15, 0.2) is 0 Å². The Hall–Kier alpha value is -3.32. The molecule has 0 spiro atoms. The number of hydrogen-bond acceptors (Lipinski definition) is 6. The molecule has 3 aromatic heterocycles. The van der Waals surface area contributed by atoms with Gasteiger partial charge >= 0.3 is 0 Å². The molecule has 0 bridgehead atoms. The lowest BCUT2D eigenvalue weighted by Crippen LogP contribution is -2.36. The molecular formula is C45H52N2OS3. The van der Waals surface area contributed by atoms with E-state index in [2.05, 4.69) is 100 Å². The van der Waals surface area contributed by atoms with E-state index in [-0.39, 0.29) is 5.60 Å². The van der Waals surface area contributed by atoms with Gasteiger partial charge in [-0.15, -0.1) is 22.7 Å². The number of fused-ring (bicyclic) bond motifs is 4. The minimum absolute atomic E-state index is 0.309. The van der Waals surface area contributed by atoms with E-state index in [4.69, 9.17) is 13.5 Å². The molecule has 0 aliphatic carbocycles. The van der Waals surface area contributed by atoms with Crippen LogP contribution in [0.25, 0.3) is 53.5 Å². The Morgan fingerprint density at radius 2 is 1.12 bits per heavy atom. The second-order valence-corrected chi connectivity index (χ2v) is 17.5. The maximum Gasteiger partial charge on any atom is 0.135 e. The van der Waals surface area contributed by atoms with Crippen molar-refractivity contribution in [2.75, 3.05) is 0 Å². The van der Waals surface area contributed by atoms with Crippen LogP contribution in [0.1, 0.15) is 120 Å². The number of aromatic nitrogens is 2. The Morgan fingerprint density at radius 3 is 1.76 bits per heavy atom. The fraction of sp³-hybridized carbons (Fsp3) is 0.422. The Bertz CT molecular complexity index is 2050. The molecule has 0 unspecified atom stereocenters. The van der Waals surface area contributed by atoms with Crippen LogP contribution in [0.5, 0.6) is 5.75 Å². The van der Waals surface area contributed by atoms with Crippen molar-refractivity contribution in [1.82, 2.24) is 8.75 Å². The van der Waals surface area contributed by atoms with Gasteiger partial charge in [-0.25, -0.2) is 0 Å². The van der Waals surface area contributed by atoms with Crippen molar-refractivity contribution in [3.8, 4) is 48.2 Å². The fourth-order valence-electron chi connectivity index (χ4n) is 7.87. The van der Waals surface area contributed by atoms with E-state index in [1.165, 1.54) is 142 Å². The smallest absolute Gasteiger partial charge is 0.135 e. The second kappa shape index (κ2) is 16.6. The Labute approximate surface area is 317 Å². The number of benzene rings is 3. The molecule has 0 saturated carbocycles. The molecule has 3 aromatic carbocycles. The van der Waals surface area contributed by atoms with Crippen molar-refractivity contribution in [3.05, 3.63) is 88.8 Å². The van der Waals surface area contributed by atoms with Gasteiger partial charge in [0.25, 0.3) is 0 Å². The Morgan fingerprint density at radius 1 is 0.549 bits per heavy atom. The molecule has 0 saturated heterocycles. The molecule has 0 atom stereocenters. The number of thiophene rings is 2. The molecule has 4 heterocycles. The zero-order valence-electron chi connectivity index (χ0n) is 30.9. The molecule has 1 aliphatic heterocycles. The third-order valence-corrected chi connectivity index (χ3v) is 13.4. The monoisotopic (exact) mass is 732 g/mol. The summed E-state index contributed by atoms with van der Waals surface area (Å²) in [6.07, 6.45) is 17.6. The molecule has 51 heavy (non-hydrogen) atoms. The molecule has 3 nitrogen and oxygen atoms in total. The Kier molecular flexibility index (Phi) is 11.7. The van der Waals surface area contributed by atoms with Crippen LogP contribution in [0.3, 0.4) is 0 Å². The maximum atomic E-state index is 7.33. The lowest BCUT2D eigenvalue weighted by Gasteiger charge is -2.41. The van der Waals surface area contributed by atoms with E-state index in [1.807, 2.05) is 22.7 Å². The molecule has 266 valence electrons. The van der Waals surface area contributed by atoms with Gasteiger partial charge in [0, 0.05) is 41.8 Å². The highest BCUT2D eigenvalue weighted by molar-refractivity contribution is 7.19. The van der Waals surface area contributed by atoms with Crippen molar-refractivity contribution in [3.63, 3.8) is 0 Å². The standard InChI is InChI=1S/C45H52N2OS3/c1-5-7-9-11-13-15-27-45(28-16-14-12-10-8-6-2)38-30-33(19-21-34(38)35-20-17-31(3)29-39(35)48-45)40-25-26-42(50-40)37-23-22-36(41-24-18-32(4)49-41)43-44(37)47-51-46-43/h17-26,29-30H,5-16,27-28H2,1-4H3. The summed E-state index contributed by atoms with van der Waals surface area (Å²) < 4.78 is 16.9. The lowest BCUT2D eigenvalue weighted by atomic mass is 9.76. The zero-order valence-corrected chi connectivity index (χ0v) is 33.3. The molecule has 0 N–H and O–H groups in total. The number of aryl methyl sites for hydroxylation is 2. The summed E-state index contributed by atoms with van der Waals surface area (Å²) >= 11 is 4.98. The number of nitrogens with zero attached hydrogens (tertiary/aromatic N) is 2. The van der Waals surface area contributed by atoms with Gasteiger partial charge in [0.2, 0.25) is 0 Å². The normalized spacial score (nSPS) is 13.3. The van der Waals surface area contributed by atoms with E-state index in [9.17, 15) is 0 Å². The van der Waals surface area contributed by atoms with E-state index < -0.39 is 0 Å². The highest BCUT2D eigenvalue weighted by Gasteiger charge is 2.40. The lowest BCUT2D eigenvalue weighted by molar-refractivity contribution is 0.0385. The maximum absolute atomic E-state index is 7.33. The molecule has 0 radical (unpaired) electrons. The third-order valence-electron chi connectivity index (χ3n) is 10.7. The van der Waals surface area contributed by atoms with Gasteiger partial charge in [0.1, 0.15) is 22.4 Å². The fourth-order valence-corrected chi connectivity index (χ4v) is 10.4. The molecule has 7 rings (SSSR count). The number of rotatable bonds is 17. The summed E-state index contributed by atoms with van der Waals surface area (Å²) in [6, 6.07) is 27.4. The average Bonchev–Trinajstić information content (AvgIpc) is 3.93. The summed E-state index contributed by atoms with van der Waals surface area (Å²) in [5, 5.41) is 0. The van der Waals surface area contributed by atoms with Gasteiger partial charge in [-0.3, -0.25) is 0 Å². The third kappa shape index (κ3) is 7.89. The average molecular weight is 733 g/mol. The number of unbranched alkanes of at least 4 members (excludes halogenated alkanes) is 10. The topological polar surface area (TPSA) is 35.0 Å². The van der Waals surface area contributed by atoms with Gasteiger partial charge < -0.3 is 4.74 Å². The van der Waals surface area contributed by atoms with Crippen LogP contribution in [0.15, 0.2) is 72.8 Å². The molecule has 0 amide bonds. The van der Waals surface area contributed by atoms with Crippen LogP contribution in [0.2, 0.25) is 0 Å². The first-order valence-electron chi connectivity index (χ1n) is 19.4. The first-order chi connectivity index (χ1) is 25.0. The van der Waals surface area contributed by atoms with Crippen molar-refractivity contribution in [2.45, 2.75) is 123 Å². The highest BCUT2D eigenvalue weighted by atomic mass is 32.1. The van der Waals surface area contributed by atoms with E-state index in [1.54, 1.807) is 0 Å². The Balaban J connectivity index is 1.24. The van der Waals surface area contributed by atoms with Crippen LogP contribution < -0.4 is 4.74 Å². The summed E-state index contributed by atoms with van der Waals surface area (Å²) in [7, 11) is 0. The van der Waals surface area contributed by atoms with E-state index >= 15 is 0 Å². The molecule has 6 heteroatoms. The van der Waals surface area contributed by atoms with Crippen LogP contribution in [-0.2, 0) is 5.60 Å². The molecule has 6 aromatic rings. The summed E-state index contributed by atoms with van der Waals surface area (Å²) in [4.78, 5) is 5.08. The van der Waals surface area contributed by atoms with Gasteiger partial charge in [-0.1, -0.05) is 114 Å². The summed E-state index contributed by atoms with van der Waals surface area (Å²) in [6.45, 7) is 8.95. The van der Waals surface area contributed by atoms with Gasteiger partial charge in [-0.05, 0) is 92.6 Å². The molecular weight excluding hydrogens is 681 g/mol. The number of ether oxygens (including phenoxy) is 1. The predicted octanol–water partition coefficient (Wildman–Crippen LogP) is 15.2. The van der Waals surface area contributed by atoms with Crippen LogP contribution in [0, 0.1) is 13.8 Å².